The Bertz CT molecular complexity index is 656. The standard InChI is InChI=1S/C13H10ClF3N4/c1-8(9-3-2-4-18-6-9)20-21-12-11(14)5-10(7-19-12)13(15,16)17/h2-7H,1H3,(H,19,21). The molecule has 0 bridgehead atoms. The van der Waals surface area contributed by atoms with Crippen molar-refractivity contribution in [2.75, 3.05) is 5.43 Å². The fourth-order valence-electron chi connectivity index (χ4n) is 1.45. The van der Waals surface area contributed by atoms with Crippen LogP contribution in [0.15, 0.2) is 41.9 Å². The van der Waals surface area contributed by atoms with Gasteiger partial charge in [-0.25, -0.2) is 4.98 Å². The van der Waals surface area contributed by atoms with Gasteiger partial charge in [0.25, 0.3) is 0 Å². The van der Waals surface area contributed by atoms with Gasteiger partial charge in [0.05, 0.1) is 16.3 Å². The van der Waals surface area contributed by atoms with E-state index >= 15 is 0 Å². The summed E-state index contributed by atoms with van der Waals surface area (Å²) in [6.07, 6.45) is -0.548. The van der Waals surface area contributed by atoms with E-state index in [4.69, 9.17) is 11.6 Å². The predicted octanol–water partition coefficient (Wildman–Crippen LogP) is 3.98. The number of alkyl halides is 3. The number of hydrogen-bond acceptors (Lipinski definition) is 4. The molecule has 2 aromatic rings. The van der Waals surface area contributed by atoms with Crippen LogP contribution in [-0.4, -0.2) is 15.7 Å². The van der Waals surface area contributed by atoms with Crippen LogP contribution in [0, 0.1) is 0 Å². The Kier molecular flexibility index (Phi) is 4.42. The summed E-state index contributed by atoms with van der Waals surface area (Å²) in [5, 5.41) is 3.86. The molecule has 2 heterocycles. The van der Waals surface area contributed by atoms with Crippen molar-refractivity contribution >= 4 is 23.1 Å². The molecule has 0 aliphatic rings. The van der Waals surface area contributed by atoms with E-state index in [0.29, 0.717) is 11.9 Å². The number of halogens is 4. The molecule has 2 aromatic heterocycles. The summed E-state index contributed by atoms with van der Waals surface area (Å²) in [6.45, 7) is 1.72. The van der Waals surface area contributed by atoms with Crippen molar-refractivity contribution in [1.29, 1.82) is 0 Å². The van der Waals surface area contributed by atoms with Crippen LogP contribution in [0.4, 0.5) is 19.0 Å². The van der Waals surface area contributed by atoms with Crippen molar-refractivity contribution < 1.29 is 13.2 Å². The molecule has 0 radical (unpaired) electrons. The molecule has 4 nitrogen and oxygen atoms in total. The maximum absolute atomic E-state index is 12.5. The average molecular weight is 315 g/mol. The molecule has 0 aliphatic heterocycles. The number of rotatable bonds is 3. The largest absolute Gasteiger partial charge is 0.417 e. The normalized spacial score (nSPS) is 12.3. The van der Waals surface area contributed by atoms with E-state index in [1.54, 1.807) is 31.5 Å². The molecule has 0 unspecified atom stereocenters. The molecule has 21 heavy (non-hydrogen) atoms. The second kappa shape index (κ2) is 6.09. The summed E-state index contributed by atoms with van der Waals surface area (Å²) in [6, 6.07) is 4.35. The lowest BCUT2D eigenvalue weighted by molar-refractivity contribution is -0.137. The Labute approximate surface area is 123 Å². The van der Waals surface area contributed by atoms with Crippen LogP contribution < -0.4 is 5.43 Å². The monoisotopic (exact) mass is 314 g/mol. The maximum Gasteiger partial charge on any atom is 0.417 e. The molecule has 110 valence electrons. The Morgan fingerprint density at radius 2 is 2.10 bits per heavy atom. The molecule has 2 rings (SSSR count). The van der Waals surface area contributed by atoms with Gasteiger partial charge in [0.1, 0.15) is 0 Å². The van der Waals surface area contributed by atoms with Gasteiger partial charge in [-0.15, -0.1) is 0 Å². The van der Waals surface area contributed by atoms with E-state index in [1.165, 1.54) is 0 Å². The predicted molar refractivity (Wildman–Crippen MR) is 74.3 cm³/mol. The molecular formula is C13H10ClF3N4. The molecule has 0 amide bonds. The minimum atomic E-state index is -4.48. The molecular weight excluding hydrogens is 305 g/mol. The Balaban J connectivity index is 2.17. The average Bonchev–Trinajstić information content (AvgIpc) is 2.45. The zero-order chi connectivity index (χ0) is 15.5. The van der Waals surface area contributed by atoms with Crippen LogP contribution in [0.25, 0.3) is 0 Å². The summed E-state index contributed by atoms with van der Waals surface area (Å²) < 4.78 is 37.4. The Hall–Kier alpha value is -2.15. The zero-order valence-electron chi connectivity index (χ0n) is 10.8. The van der Waals surface area contributed by atoms with Gasteiger partial charge in [0.2, 0.25) is 0 Å². The van der Waals surface area contributed by atoms with Crippen molar-refractivity contribution in [1.82, 2.24) is 9.97 Å². The minimum Gasteiger partial charge on any atom is -0.264 e. The molecule has 0 aromatic carbocycles. The van der Waals surface area contributed by atoms with Crippen molar-refractivity contribution in [3.05, 3.63) is 52.9 Å². The third-order valence-electron chi connectivity index (χ3n) is 2.58. The SMILES string of the molecule is CC(=NNc1ncc(C(F)(F)F)cc1Cl)c1cccnc1. The minimum absolute atomic E-state index is 0.0490. The van der Waals surface area contributed by atoms with E-state index in [1.807, 2.05) is 0 Å². The van der Waals surface area contributed by atoms with Crippen LogP contribution in [0.2, 0.25) is 5.02 Å². The summed E-state index contributed by atoms with van der Waals surface area (Å²) in [4.78, 5) is 7.57. The van der Waals surface area contributed by atoms with Crippen molar-refractivity contribution in [2.45, 2.75) is 13.1 Å². The van der Waals surface area contributed by atoms with E-state index in [2.05, 4.69) is 20.5 Å². The van der Waals surface area contributed by atoms with Gasteiger partial charge >= 0.3 is 6.18 Å². The molecule has 8 heteroatoms. The number of aromatic nitrogens is 2. The van der Waals surface area contributed by atoms with Crippen molar-refractivity contribution in [3.63, 3.8) is 0 Å². The Morgan fingerprint density at radius 3 is 2.67 bits per heavy atom. The number of anilines is 1. The molecule has 0 aliphatic carbocycles. The van der Waals surface area contributed by atoms with Crippen LogP contribution >= 0.6 is 11.6 Å². The number of nitrogens with zero attached hydrogens (tertiary/aromatic N) is 3. The smallest absolute Gasteiger partial charge is 0.264 e. The highest BCUT2D eigenvalue weighted by Crippen LogP contribution is 2.32. The third kappa shape index (κ3) is 3.91. The van der Waals surface area contributed by atoms with E-state index in [-0.39, 0.29) is 10.8 Å². The number of hydrazone groups is 1. The lowest BCUT2D eigenvalue weighted by atomic mass is 10.2. The highest BCUT2D eigenvalue weighted by Gasteiger charge is 2.31. The van der Waals surface area contributed by atoms with E-state index < -0.39 is 11.7 Å². The second-order valence-corrected chi connectivity index (χ2v) is 4.51. The molecule has 0 fully saturated rings. The first-order valence-corrected chi connectivity index (χ1v) is 6.19. The second-order valence-electron chi connectivity index (χ2n) is 4.10. The third-order valence-corrected chi connectivity index (χ3v) is 2.87. The van der Waals surface area contributed by atoms with Gasteiger partial charge in [-0.3, -0.25) is 10.4 Å². The highest BCUT2D eigenvalue weighted by atomic mass is 35.5. The van der Waals surface area contributed by atoms with Gasteiger partial charge in [-0.1, -0.05) is 17.7 Å². The topological polar surface area (TPSA) is 50.2 Å². The lowest BCUT2D eigenvalue weighted by Gasteiger charge is -2.09. The number of nitrogens with one attached hydrogen (secondary N) is 1. The van der Waals surface area contributed by atoms with Crippen LogP contribution in [-0.2, 0) is 6.18 Å². The first-order valence-electron chi connectivity index (χ1n) is 5.81. The highest BCUT2D eigenvalue weighted by molar-refractivity contribution is 6.33. The fraction of sp³-hybridized carbons (Fsp3) is 0.154. The summed E-state index contributed by atoms with van der Waals surface area (Å²) in [5.74, 6) is 0.0490. The van der Waals surface area contributed by atoms with Gasteiger partial charge < -0.3 is 0 Å². The van der Waals surface area contributed by atoms with E-state index in [0.717, 1.165) is 11.6 Å². The fourth-order valence-corrected chi connectivity index (χ4v) is 1.66. The van der Waals surface area contributed by atoms with Crippen LogP contribution in [0.5, 0.6) is 0 Å². The van der Waals surface area contributed by atoms with Gasteiger partial charge in [-0.2, -0.15) is 18.3 Å². The summed E-state index contributed by atoms with van der Waals surface area (Å²) in [7, 11) is 0. The van der Waals surface area contributed by atoms with Gasteiger partial charge in [0.15, 0.2) is 5.82 Å². The summed E-state index contributed by atoms with van der Waals surface area (Å²) >= 11 is 5.76. The molecule has 1 N–H and O–H groups in total. The van der Waals surface area contributed by atoms with Crippen LogP contribution in [0.3, 0.4) is 0 Å². The molecule has 0 spiro atoms. The van der Waals surface area contributed by atoms with Crippen LogP contribution in [0.1, 0.15) is 18.1 Å². The number of hydrogen-bond donors (Lipinski definition) is 1. The van der Waals surface area contributed by atoms with Gasteiger partial charge in [0, 0.05) is 24.2 Å². The summed E-state index contributed by atoms with van der Waals surface area (Å²) in [5.41, 5.74) is 3.00. The maximum atomic E-state index is 12.5. The van der Waals surface area contributed by atoms with E-state index in [9.17, 15) is 13.2 Å². The zero-order valence-corrected chi connectivity index (χ0v) is 11.6. The first-order chi connectivity index (χ1) is 9.88. The Morgan fingerprint density at radius 1 is 1.33 bits per heavy atom. The van der Waals surface area contributed by atoms with Gasteiger partial charge in [-0.05, 0) is 19.1 Å². The molecule has 0 atom stereocenters. The quantitative estimate of drug-likeness (QED) is 0.688. The first kappa shape index (κ1) is 15.2. The number of pyridine rings is 2. The van der Waals surface area contributed by atoms with Crippen molar-refractivity contribution in [3.8, 4) is 0 Å². The molecule has 0 saturated carbocycles. The van der Waals surface area contributed by atoms with Crippen molar-refractivity contribution in [2.24, 2.45) is 5.10 Å². The molecule has 0 saturated heterocycles. The lowest BCUT2D eigenvalue weighted by Crippen LogP contribution is -2.07.